The lowest BCUT2D eigenvalue weighted by Crippen LogP contribution is -2.22. The van der Waals surface area contributed by atoms with E-state index in [4.69, 9.17) is 0 Å². The van der Waals surface area contributed by atoms with E-state index in [1.165, 1.54) is 0 Å². The fraction of sp³-hybridized carbons (Fsp3) is 0.100. The van der Waals surface area contributed by atoms with Crippen LogP contribution in [0.15, 0.2) is 48.7 Å². The third kappa shape index (κ3) is 2.50. The van der Waals surface area contributed by atoms with E-state index < -0.39 is 0 Å². The molecule has 0 atom stereocenters. The Hall–Kier alpha value is -2.41. The molecule has 2 heterocycles. The smallest absolute Gasteiger partial charge is 0.259 e. The van der Waals surface area contributed by atoms with Gasteiger partial charge in [-0.1, -0.05) is 24.3 Å². The summed E-state index contributed by atoms with van der Waals surface area (Å²) in [6.07, 6.45) is 1.92. The van der Waals surface area contributed by atoms with Gasteiger partial charge in [-0.3, -0.25) is 14.9 Å². The number of imide groups is 1. The zero-order chi connectivity index (χ0) is 17.7. The van der Waals surface area contributed by atoms with Crippen molar-refractivity contribution >= 4 is 56.5 Å². The SMILES string of the molecule is Cc1cc(I)ccc1C1=C(c2cn(C)c3ccccc23)C(=O)NC1=O. The van der Waals surface area contributed by atoms with E-state index in [-0.39, 0.29) is 11.8 Å². The molecule has 0 aliphatic carbocycles. The number of carbonyl (C=O) groups excluding carboxylic acids is 2. The normalized spacial score (nSPS) is 14.5. The van der Waals surface area contributed by atoms with Crippen LogP contribution in [0.25, 0.3) is 22.0 Å². The average Bonchev–Trinajstić information content (AvgIpc) is 3.04. The van der Waals surface area contributed by atoms with Crippen molar-refractivity contribution in [3.05, 3.63) is 68.9 Å². The molecule has 124 valence electrons. The zero-order valence-electron chi connectivity index (χ0n) is 13.8. The van der Waals surface area contributed by atoms with E-state index in [1.807, 2.05) is 67.2 Å². The van der Waals surface area contributed by atoms with Crippen LogP contribution in [0.2, 0.25) is 0 Å². The summed E-state index contributed by atoms with van der Waals surface area (Å²) in [7, 11) is 1.94. The molecule has 0 radical (unpaired) electrons. The first-order valence-corrected chi connectivity index (χ1v) is 8.96. The third-order valence-electron chi connectivity index (χ3n) is 4.56. The van der Waals surface area contributed by atoms with Crippen molar-refractivity contribution in [2.45, 2.75) is 6.92 Å². The molecule has 5 heteroatoms. The molecule has 1 aromatic heterocycles. The Labute approximate surface area is 158 Å². The molecule has 0 unspecified atom stereocenters. The number of nitrogens with zero attached hydrogens (tertiary/aromatic N) is 1. The van der Waals surface area contributed by atoms with E-state index in [1.54, 1.807) is 0 Å². The number of benzene rings is 2. The number of hydrogen-bond donors (Lipinski definition) is 1. The molecule has 1 N–H and O–H groups in total. The standard InChI is InChI=1S/C20H15IN2O2/c1-11-9-12(21)7-8-13(11)17-18(20(25)22-19(17)24)15-10-23(2)16-6-4-3-5-14(15)16/h3-10H,1-2H3,(H,22,24,25). The summed E-state index contributed by atoms with van der Waals surface area (Å²) in [6, 6.07) is 13.8. The molecule has 2 aromatic carbocycles. The highest BCUT2D eigenvalue weighted by Crippen LogP contribution is 2.36. The number of nitrogens with one attached hydrogen (secondary N) is 1. The van der Waals surface area contributed by atoms with E-state index in [9.17, 15) is 9.59 Å². The molecule has 3 aromatic rings. The van der Waals surface area contributed by atoms with E-state index in [0.29, 0.717) is 11.1 Å². The number of fused-ring (bicyclic) bond motifs is 1. The lowest BCUT2D eigenvalue weighted by Gasteiger charge is -2.08. The fourth-order valence-electron chi connectivity index (χ4n) is 3.42. The molecule has 0 saturated carbocycles. The van der Waals surface area contributed by atoms with Gasteiger partial charge in [0.2, 0.25) is 0 Å². The topological polar surface area (TPSA) is 51.1 Å². The molecule has 0 bridgehead atoms. The van der Waals surface area contributed by atoms with Gasteiger partial charge in [-0.2, -0.15) is 0 Å². The van der Waals surface area contributed by atoms with Gasteiger partial charge in [-0.25, -0.2) is 0 Å². The maximum atomic E-state index is 12.6. The number of para-hydroxylation sites is 1. The van der Waals surface area contributed by atoms with Crippen molar-refractivity contribution in [2.24, 2.45) is 7.05 Å². The number of rotatable bonds is 2. The summed E-state index contributed by atoms with van der Waals surface area (Å²) < 4.78 is 3.07. The quantitative estimate of drug-likeness (QED) is 0.487. The minimum Gasteiger partial charge on any atom is -0.350 e. The highest BCUT2D eigenvalue weighted by atomic mass is 127. The first-order chi connectivity index (χ1) is 12.0. The highest BCUT2D eigenvalue weighted by Gasteiger charge is 2.34. The maximum absolute atomic E-state index is 12.6. The van der Waals surface area contributed by atoms with Gasteiger partial charge in [-0.05, 0) is 58.8 Å². The summed E-state index contributed by atoms with van der Waals surface area (Å²) in [6.45, 7) is 1.96. The van der Waals surface area contributed by atoms with Crippen LogP contribution in [-0.4, -0.2) is 16.4 Å². The molecular formula is C20H15IN2O2. The predicted molar refractivity (Wildman–Crippen MR) is 107 cm³/mol. The first kappa shape index (κ1) is 16.1. The van der Waals surface area contributed by atoms with Gasteiger partial charge in [0, 0.05) is 33.3 Å². The molecule has 4 rings (SSSR count). The van der Waals surface area contributed by atoms with Crippen LogP contribution in [-0.2, 0) is 16.6 Å². The number of aryl methyl sites for hydroxylation is 2. The second kappa shape index (κ2) is 5.84. The summed E-state index contributed by atoms with van der Waals surface area (Å²) in [4.78, 5) is 25.1. The van der Waals surface area contributed by atoms with Crippen LogP contribution in [0.3, 0.4) is 0 Å². The van der Waals surface area contributed by atoms with Crippen LogP contribution < -0.4 is 5.32 Å². The number of aromatic nitrogens is 1. The van der Waals surface area contributed by atoms with E-state index >= 15 is 0 Å². The number of amides is 2. The second-order valence-corrected chi connectivity index (χ2v) is 7.41. The molecule has 0 spiro atoms. The minimum absolute atomic E-state index is 0.336. The van der Waals surface area contributed by atoms with Gasteiger partial charge in [0.05, 0.1) is 11.1 Å². The Morgan fingerprint density at radius 2 is 1.64 bits per heavy atom. The fourth-order valence-corrected chi connectivity index (χ4v) is 4.06. The van der Waals surface area contributed by atoms with Crippen molar-refractivity contribution in [1.29, 1.82) is 0 Å². The predicted octanol–water partition coefficient (Wildman–Crippen LogP) is 3.66. The zero-order valence-corrected chi connectivity index (χ0v) is 15.9. The molecular weight excluding hydrogens is 427 g/mol. The number of carbonyl (C=O) groups is 2. The van der Waals surface area contributed by atoms with Gasteiger partial charge >= 0.3 is 0 Å². The van der Waals surface area contributed by atoms with Gasteiger partial charge in [0.1, 0.15) is 0 Å². The van der Waals surface area contributed by atoms with Crippen molar-refractivity contribution in [3.8, 4) is 0 Å². The van der Waals surface area contributed by atoms with Crippen LogP contribution in [0.1, 0.15) is 16.7 Å². The molecule has 2 amide bonds. The number of halogens is 1. The summed E-state index contributed by atoms with van der Waals surface area (Å²) >= 11 is 2.24. The van der Waals surface area contributed by atoms with Gasteiger partial charge in [-0.15, -0.1) is 0 Å². The monoisotopic (exact) mass is 442 g/mol. The lowest BCUT2D eigenvalue weighted by molar-refractivity contribution is -0.122. The molecule has 0 fully saturated rings. The van der Waals surface area contributed by atoms with Crippen molar-refractivity contribution < 1.29 is 9.59 Å². The van der Waals surface area contributed by atoms with Crippen LogP contribution in [0.4, 0.5) is 0 Å². The van der Waals surface area contributed by atoms with Gasteiger partial charge in [0.15, 0.2) is 0 Å². The second-order valence-electron chi connectivity index (χ2n) is 6.16. The van der Waals surface area contributed by atoms with E-state index in [0.717, 1.165) is 31.2 Å². The third-order valence-corrected chi connectivity index (χ3v) is 5.23. The lowest BCUT2D eigenvalue weighted by atomic mass is 9.93. The Bertz CT molecular complexity index is 1090. The molecule has 4 nitrogen and oxygen atoms in total. The van der Waals surface area contributed by atoms with Crippen LogP contribution in [0.5, 0.6) is 0 Å². The average molecular weight is 442 g/mol. The Kier molecular flexibility index (Phi) is 3.76. The highest BCUT2D eigenvalue weighted by molar-refractivity contribution is 14.1. The first-order valence-electron chi connectivity index (χ1n) is 7.88. The minimum atomic E-state index is -0.339. The Balaban J connectivity index is 2.06. The molecule has 0 saturated heterocycles. The Morgan fingerprint density at radius 1 is 0.960 bits per heavy atom. The number of hydrogen-bond acceptors (Lipinski definition) is 2. The maximum Gasteiger partial charge on any atom is 0.259 e. The largest absolute Gasteiger partial charge is 0.350 e. The van der Waals surface area contributed by atoms with Gasteiger partial charge < -0.3 is 4.57 Å². The van der Waals surface area contributed by atoms with E-state index in [2.05, 4.69) is 27.9 Å². The van der Waals surface area contributed by atoms with Crippen molar-refractivity contribution in [2.75, 3.05) is 0 Å². The summed E-state index contributed by atoms with van der Waals surface area (Å²) in [5.41, 5.74) is 4.49. The molecule has 1 aliphatic rings. The van der Waals surface area contributed by atoms with Crippen molar-refractivity contribution in [1.82, 2.24) is 9.88 Å². The van der Waals surface area contributed by atoms with Crippen LogP contribution in [0, 0.1) is 10.5 Å². The van der Waals surface area contributed by atoms with Crippen LogP contribution >= 0.6 is 22.6 Å². The van der Waals surface area contributed by atoms with Crippen molar-refractivity contribution in [3.63, 3.8) is 0 Å². The molecule has 25 heavy (non-hydrogen) atoms. The summed E-state index contributed by atoms with van der Waals surface area (Å²) in [5, 5.41) is 3.43. The Morgan fingerprint density at radius 3 is 2.36 bits per heavy atom. The summed E-state index contributed by atoms with van der Waals surface area (Å²) in [5.74, 6) is -0.674. The molecule has 1 aliphatic heterocycles. The van der Waals surface area contributed by atoms with Gasteiger partial charge in [0.25, 0.3) is 11.8 Å².